The number of aromatic nitrogens is 2. The van der Waals surface area contributed by atoms with Crippen LogP contribution in [0.5, 0.6) is 0 Å². The summed E-state index contributed by atoms with van der Waals surface area (Å²) in [4.78, 5) is 31.9. The quantitative estimate of drug-likeness (QED) is 0.757. The molecule has 1 N–H and O–H groups in total. The molecule has 3 fully saturated rings. The Morgan fingerprint density at radius 1 is 1.19 bits per heavy atom. The van der Waals surface area contributed by atoms with E-state index in [1.54, 1.807) is 17.8 Å². The minimum absolute atomic E-state index is 0.110. The second kappa shape index (κ2) is 6.58. The van der Waals surface area contributed by atoms with Crippen LogP contribution in [-0.2, 0) is 0 Å². The van der Waals surface area contributed by atoms with Crippen molar-refractivity contribution >= 4 is 27.5 Å². The first-order valence-electron chi connectivity index (χ1n) is 9.27. The highest BCUT2D eigenvalue weighted by molar-refractivity contribution is 7.16. The van der Waals surface area contributed by atoms with Crippen LogP contribution in [0.1, 0.15) is 23.2 Å². The normalized spacial score (nSPS) is 24.2. The van der Waals surface area contributed by atoms with Crippen molar-refractivity contribution in [2.75, 3.05) is 19.6 Å². The Morgan fingerprint density at radius 3 is 2.81 bits per heavy atom. The molecule has 3 aliphatic heterocycles. The topological polar surface area (TPSA) is 67.2 Å². The number of pyridine rings is 1. The smallest absolute Gasteiger partial charge is 0.255 e. The molecule has 0 aliphatic carbocycles. The van der Waals surface area contributed by atoms with Gasteiger partial charge in [0.2, 0.25) is 0 Å². The molecule has 0 saturated carbocycles. The molecular formula is C20H20N4O2S. The van der Waals surface area contributed by atoms with E-state index in [2.05, 4.69) is 15.2 Å². The molecule has 6 nitrogen and oxygen atoms in total. The van der Waals surface area contributed by atoms with E-state index in [4.69, 9.17) is 0 Å². The second-order valence-electron chi connectivity index (χ2n) is 7.35. The Balaban J connectivity index is 1.42. The lowest BCUT2D eigenvalue weighted by atomic mass is 9.84. The lowest BCUT2D eigenvalue weighted by Gasteiger charge is -2.44. The zero-order valence-electron chi connectivity index (χ0n) is 14.8. The molecule has 1 atom stereocenters. The van der Waals surface area contributed by atoms with Gasteiger partial charge >= 0.3 is 0 Å². The Bertz CT molecular complexity index is 1070. The largest absolute Gasteiger partial charge is 0.348 e. The highest BCUT2D eigenvalue weighted by Gasteiger charge is 2.35. The van der Waals surface area contributed by atoms with Gasteiger partial charge in [0.05, 0.1) is 27.0 Å². The first-order valence-corrected chi connectivity index (χ1v) is 10.1. The molecule has 3 saturated heterocycles. The van der Waals surface area contributed by atoms with Crippen LogP contribution in [0.4, 0.5) is 0 Å². The van der Waals surface area contributed by atoms with Gasteiger partial charge in [0, 0.05) is 24.8 Å². The number of carbonyl (C=O) groups is 1. The summed E-state index contributed by atoms with van der Waals surface area (Å²) in [5.74, 6) is 0.458. The molecular weight excluding hydrogens is 360 g/mol. The van der Waals surface area contributed by atoms with Crippen LogP contribution in [0.25, 0.3) is 15.9 Å². The van der Waals surface area contributed by atoms with Gasteiger partial charge in [-0.25, -0.2) is 4.98 Å². The molecule has 3 aliphatic rings. The van der Waals surface area contributed by atoms with Crippen molar-refractivity contribution in [3.05, 3.63) is 58.0 Å². The van der Waals surface area contributed by atoms with Gasteiger partial charge in [-0.3, -0.25) is 14.2 Å². The fourth-order valence-electron chi connectivity index (χ4n) is 4.20. The SMILES string of the molecule is O=C(NC1CN2CCC1CC2)c1ccc(=O)n(-c2ccc3ncsc3c2)c1. The predicted molar refractivity (Wildman–Crippen MR) is 106 cm³/mol. The zero-order valence-corrected chi connectivity index (χ0v) is 15.6. The van der Waals surface area contributed by atoms with Crippen molar-refractivity contribution in [3.63, 3.8) is 0 Å². The number of amides is 1. The van der Waals surface area contributed by atoms with Crippen LogP contribution in [0, 0.1) is 5.92 Å². The summed E-state index contributed by atoms with van der Waals surface area (Å²) < 4.78 is 2.55. The van der Waals surface area contributed by atoms with Gasteiger partial charge < -0.3 is 10.2 Å². The summed E-state index contributed by atoms with van der Waals surface area (Å²) in [5.41, 5.74) is 3.80. The van der Waals surface area contributed by atoms with E-state index in [0.717, 1.165) is 48.4 Å². The third kappa shape index (κ3) is 3.07. The van der Waals surface area contributed by atoms with E-state index < -0.39 is 0 Å². The second-order valence-corrected chi connectivity index (χ2v) is 8.23. The standard InChI is InChI=1S/C20H20N4O2S/c25-19-4-1-14(20(26)22-17-11-23-7-5-13(17)6-8-23)10-24(19)15-2-3-16-18(9-15)27-12-21-16/h1-4,9-10,12-13,17H,5-8,11H2,(H,22,26). The molecule has 3 aromatic rings. The van der Waals surface area contributed by atoms with Gasteiger partial charge in [0.15, 0.2) is 0 Å². The first kappa shape index (κ1) is 16.6. The van der Waals surface area contributed by atoms with E-state index in [1.165, 1.54) is 22.0 Å². The number of thiazole rings is 1. The van der Waals surface area contributed by atoms with Crippen LogP contribution < -0.4 is 10.9 Å². The molecule has 2 bridgehead atoms. The van der Waals surface area contributed by atoms with Crippen molar-refractivity contribution in [1.29, 1.82) is 0 Å². The maximum atomic E-state index is 12.8. The molecule has 0 spiro atoms. The predicted octanol–water partition coefficient (Wildman–Crippen LogP) is 2.27. The van der Waals surface area contributed by atoms with Crippen LogP contribution in [0.2, 0.25) is 0 Å². The number of benzene rings is 1. The van der Waals surface area contributed by atoms with Crippen LogP contribution in [0.3, 0.4) is 0 Å². The lowest BCUT2D eigenvalue weighted by Crippen LogP contribution is -2.57. The molecule has 1 aromatic carbocycles. The van der Waals surface area contributed by atoms with Gasteiger partial charge in [0.1, 0.15) is 0 Å². The fraction of sp³-hybridized carbons (Fsp3) is 0.350. The summed E-state index contributed by atoms with van der Waals surface area (Å²) >= 11 is 1.53. The average molecular weight is 380 g/mol. The monoisotopic (exact) mass is 380 g/mol. The third-order valence-corrected chi connectivity index (χ3v) is 6.53. The molecule has 6 rings (SSSR count). The minimum Gasteiger partial charge on any atom is -0.348 e. The highest BCUT2D eigenvalue weighted by atomic mass is 32.1. The summed E-state index contributed by atoms with van der Waals surface area (Å²) in [5, 5.41) is 3.19. The fourth-order valence-corrected chi connectivity index (χ4v) is 4.91. The lowest BCUT2D eigenvalue weighted by molar-refractivity contribution is 0.0620. The highest BCUT2D eigenvalue weighted by Crippen LogP contribution is 2.27. The van der Waals surface area contributed by atoms with Crippen molar-refractivity contribution < 1.29 is 4.79 Å². The van der Waals surface area contributed by atoms with Gasteiger partial charge in [-0.05, 0) is 56.1 Å². The van der Waals surface area contributed by atoms with E-state index in [0.29, 0.717) is 11.5 Å². The van der Waals surface area contributed by atoms with Crippen LogP contribution in [0.15, 0.2) is 46.8 Å². The number of fused-ring (bicyclic) bond motifs is 4. The van der Waals surface area contributed by atoms with E-state index >= 15 is 0 Å². The molecule has 0 radical (unpaired) electrons. The first-order chi connectivity index (χ1) is 13.2. The number of piperidine rings is 3. The van der Waals surface area contributed by atoms with Crippen LogP contribution >= 0.6 is 11.3 Å². The number of carbonyl (C=O) groups excluding carboxylic acids is 1. The zero-order chi connectivity index (χ0) is 18.4. The molecule has 138 valence electrons. The number of nitrogens with zero attached hydrogens (tertiary/aromatic N) is 3. The van der Waals surface area contributed by atoms with Crippen molar-refractivity contribution in [3.8, 4) is 5.69 Å². The number of rotatable bonds is 3. The summed E-state index contributed by atoms with van der Waals surface area (Å²) in [6, 6.07) is 8.97. The van der Waals surface area contributed by atoms with Crippen molar-refractivity contribution in [1.82, 2.24) is 19.8 Å². The summed E-state index contributed by atoms with van der Waals surface area (Å²) in [7, 11) is 0. The van der Waals surface area contributed by atoms with Gasteiger partial charge in [-0.15, -0.1) is 11.3 Å². The van der Waals surface area contributed by atoms with Gasteiger partial charge in [0.25, 0.3) is 11.5 Å². The number of nitrogens with one attached hydrogen (secondary N) is 1. The Morgan fingerprint density at radius 2 is 2.04 bits per heavy atom. The van der Waals surface area contributed by atoms with Gasteiger partial charge in [-0.1, -0.05) is 0 Å². The summed E-state index contributed by atoms with van der Waals surface area (Å²) in [6.07, 6.45) is 3.94. The van der Waals surface area contributed by atoms with E-state index in [1.807, 2.05) is 18.2 Å². The number of hydrogen-bond acceptors (Lipinski definition) is 5. The van der Waals surface area contributed by atoms with E-state index in [-0.39, 0.29) is 17.5 Å². The van der Waals surface area contributed by atoms with Crippen molar-refractivity contribution in [2.45, 2.75) is 18.9 Å². The number of hydrogen-bond donors (Lipinski definition) is 1. The van der Waals surface area contributed by atoms with Crippen LogP contribution in [-0.4, -0.2) is 46.0 Å². The molecule has 7 heteroatoms. The molecule has 2 aromatic heterocycles. The maximum absolute atomic E-state index is 12.8. The average Bonchev–Trinajstić information content (AvgIpc) is 3.17. The molecule has 1 amide bonds. The molecule has 27 heavy (non-hydrogen) atoms. The Labute approximate surface area is 160 Å². The molecule has 5 heterocycles. The van der Waals surface area contributed by atoms with E-state index in [9.17, 15) is 9.59 Å². The summed E-state index contributed by atoms with van der Waals surface area (Å²) in [6.45, 7) is 3.21. The Kier molecular flexibility index (Phi) is 4.06. The maximum Gasteiger partial charge on any atom is 0.255 e. The minimum atomic E-state index is -0.154. The van der Waals surface area contributed by atoms with Gasteiger partial charge in [-0.2, -0.15) is 0 Å². The Hall–Kier alpha value is -2.51. The third-order valence-electron chi connectivity index (χ3n) is 5.74. The van der Waals surface area contributed by atoms with Crippen molar-refractivity contribution in [2.24, 2.45) is 5.92 Å². The molecule has 1 unspecified atom stereocenters.